The molecule has 0 spiro atoms. The highest BCUT2D eigenvalue weighted by atomic mass is 79.9. The van der Waals surface area contributed by atoms with Gasteiger partial charge in [0, 0.05) is 27.6 Å². The molecule has 0 aliphatic carbocycles. The van der Waals surface area contributed by atoms with Crippen LogP contribution in [-0.4, -0.2) is 18.4 Å². The quantitative estimate of drug-likeness (QED) is 0.269. The van der Waals surface area contributed by atoms with E-state index in [1.165, 1.54) is 5.56 Å². The number of aromatic nitrogens is 2. The number of hydrogen-bond donors (Lipinski definition) is 3. The molecule has 1 heterocycles. The van der Waals surface area contributed by atoms with Crippen LogP contribution in [0.5, 0.6) is 0 Å². The van der Waals surface area contributed by atoms with E-state index in [0.29, 0.717) is 27.6 Å². The summed E-state index contributed by atoms with van der Waals surface area (Å²) in [6.07, 6.45) is 0. The Kier molecular flexibility index (Phi) is 6.62. The molecule has 1 aromatic heterocycles. The Morgan fingerprint density at radius 1 is 0.727 bits per heavy atom. The molecule has 0 fully saturated rings. The molecule has 3 N–H and O–H groups in total. The molecule has 0 radical (unpaired) electrons. The van der Waals surface area contributed by atoms with Crippen molar-refractivity contribution in [1.29, 1.82) is 0 Å². The minimum atomic E-state index is -3.71. The standard InChI is InChI=1S/C24H22BrN5O2S/c1-16-7-9-18(10-8-16)28-23-15-24(27-17(2)26-23)29-19-11-13-20(14-12-19)30-33(31,32)22-6-4-3-5-21(22)25/h3-15,30H,1-2H3,(H2,26,27,28,29). The van der Waals surface area contributed by atoms with Gasteiger partial charge < -0.3 is 10.6 Å². The number of hydrogen-bond acceptors (Lipinski definition) is 6. The fraction of sp³-hybridized carbons (Fsp3) is 0.0833. The molecule has 9 heteroatoms. The van der Waals surface area contributed by atoms with Crippen molar-refractivity contribution in [1.82, 2.24) is 9.97 Å². The first kappa shape index (κ1) is 22.8. The molecule has 0 aliphatic rings. The Hall–Kier alpha value is -3.43. The highest BCUT2D eigenvalue weighted by molar-refractivity contribution is 9.10. The highest BCUT2D eigenvalue weighted by Crippen LogP contribution is 2.25. The molecule has 4 aromatic rings. The number of halogens is 1. The number of nitrogens with zero attached hydrogens (tertiary/aromatic N) is 2. The van der Waals surface area contributed by atoms with Crippen LogP contribution in [0.4, 0.5) is 28.7 Å². The smallest absolute Gasteiger partial charge is 0.263 e. The van der Waals surface area contributed by atoms with Crippen LogP contribution in [0.3, 0.4) is 0 Å². The number of rotatable bonds is 7. The van der Waals surface area contributed by atoms with Gasteiger partial charge >= 0.3 is 0 Å². The number of sulfonamides is 1. The zero-order valence-corrected chi connectivity index (χ0v) is 20.4. The van der Waals surface area contributed by atoms with Crippen LogP contribution in [-0.2, 0) is 10.0 Å². The SMILES string of the molecule is Cc1ccc(Nc2cc(Nc3ccc(NS(=O)(=O)c4ccccc4Br)cc3)nc(C)n2)cc1. The Morgan fingerprint density at radius 3 is 1.82 bits per heavy atom. The lowest BCUT2D eigenvalue weighted by atomic mass is 10.2. The van der Waals surface area contributed by atoms with Crippen LogP contribution in [0.1, 0.15) is 11.4 Å². The first-order valence-electron chi connectivity index (χ1n) is 10.1. The van der Waals surface area contributed by atoms with Crippen LogP contribution in [0, 0.1) is 13.8 Å². The Balaban J connectivity index is 1.47. The minimum Gasteiger partial charge on any atom is -0.340 e. The van der Waals surface area contributed by atoms with Crippen LogP contribution >= 0.6 is 15.9 Å². The molecule has 0 amide bonds. The van der Waals surface area contributed by atoms with E-state index in [2.05, 4.69) is 41.3 Å². The second kappa shape index (κ2) is 9.60. The predicted molar refractivity (Wildman–Crippen MR) is 136 cm³/mol. The maximum absolute atomic E-state index is 12.7. The lowest BCUT2D eigenvalue weighted by Gasteiger charge is -2.12. The van der Waals surface area contributed by atoms with Gasteiger partial charge in [-0.1, -0.05) is 29.8 Å². The Labute approximate surface area is 201 Å². The summed E-state index contributed by atoms with van der Waals surface area (Å²) in [5, 5.41) is 6.52. The molecule has 7 nitrogen and oxygen atoms in total. The van der Waals surface area contributed by atoms with E-state index in [1.54, 1.807) is 48.5 Å². The molecular weight excluding hydrogens is 502 g/mol. The van der Waals surface area contributed by atoms with Gasteiger partial charge in [-0.2, -0.15) is 0 Å². The normalized spacial score (nSPS) is 11.1. The van der Waals surface area contributed by atoms with Crippen molar-refractivity contribution in [2.75, 3.05) is 15.4 Å². The van der Waals surface area contributed by atoms with Gasteiger partial charge in [-0.25, -0.2) is 18.4 Å². The molecule has 33 heavy (non-hydrogen) atoms. The largest absolute Gasteiger partial charge is 0.340 e. The van der Waals surface area contributed by atoms with Gasteiger partial charge in [-0.05, 0) is 78.3 Å². The molecule has 0 unspecified atom stereocenters. The van der Waals surface area contributed by atoms with Crippen molar-refractivity contribution in [3.63, 3.8) is 0 Å². The summed E-state index contributed by atoms with van der Waals surface area (Å²) in [7, 11) is -3.71. The fourth-order valence-electron chi connectivity index (χ4n) is 3.12. The predicted octanol–water partition coefficient (Wildman–Crippen LogP) is 6.14. The third-order valence-electron chi connectivity index (χ3n) is 4.70. The summed E-state index contributed by atoms with van der Waals surface area (Å²) < 4.78 is 28.4. The first-order valence-corrected chi connectivity index (χ1v) is 12.4. The van der Waals surface area contributed by atoms with Crippen molar-refractivity contribution < 1.29 is 8.42 Å². The lowest BCUT2D eigenvalue weighted by Crippen LogP contribution is -2.13. The second-order valence-corrected chi connectivity index (χ2v) is 9.92. The van der Waals surface area contributed by atoms with Gasteiger partial charge in [-0.3, -0.25) is 4.72 Å². The zero-order chi connectivity index (χ0) is 23.4. The summed E-state index contributed by atoms with van der Waals surface area (Å²) in [6, 6.07) is 23.5. The monoisotopic (exact) mass is 523 g/mol. The molecule has 0 saturated carbocycles. The Bertz CT molecular complexity index is 1380. The minimum absolute atomic E-state index is 0.178. The number of aryl methyl sites for hydroxylation is 2. The third-order valence-corrected chi connectivity index (χ3v) is 7.09. The lowest BCUT2D eigenvalue weighted by molar-refractivity contribution is 0.601. The zero-order valence-electron chi connectivity index (χ0n) is 18.0. The summed E-state index contributed by atoms with van der Waals surface area (Å²) in [6.45, 7) is 3.86. The van der Waals surface area contributed by atoms with Crippen molar-refractivity contribution in [2.45, 2.75) is 18.7 Å². The van der Waals surface area contributed by atoms with E-state index in [-0.39, 0.29) is 4.90 Å². The van der Waals surface area contributed by atoms with Gasteiger partial charge in [0.15, 0.2) is 0 Å². The van der Waals surface area contributed by atoms with Crippen molar-refractivity contribution in [3.05, 3.63) is 94.7 Å². The van der Waals surface area contributed by atoms with Gasteiger partial charge in [0.1, 0.15) is 22.4 Å². The van der Waals surface area contributed by atoms with E-state index >= 15 is 0 Å². The molecule has 3 aromatic carbocycles. The van der Waals surface area contributed by atoms with Gasteiger partial charge in [0.25, 0.3) is 10.0 Å². The maximum atomic E-state index is 12.7. The molecule has 168 valence electrons. The van der Waals surface area contributed by atoms with Gasteiger partial charge in [-0.15, -0.1) is 0 Å². The summed E-state index contributed by atoms with van der Waals surface area (Å²) in [5.74, 6) is 1.91. The second-order valence-electron chi connectivity index (χ2n) is 7.41. The Morgan fingerprint density at radius 2 is 1.24 bits per heavy atom. The summed E-state index contributed by atoms with van der Waals surface area (Å²) in [5.41, 5.74) is 3.34. The van der Waals surface area contributed by atoms with E-state index in [9.17, 15) is 8.42 Å². The number of benzene rings is 3. The number of nitrogens with one attached hydrogen (secondary N) is 3. The molecular formula is C24H22BrN5O2S. The highest BCUT2D eigenvalue weighted by Gasteiger charge is 2.17. The molecule has 0 bridgehead atoms. The van der Waals surface area contributed by atoms with Crippen molar-refractivity contribution in [3.8, 4) is 0 Å². The van der Waals surface area contributed by atoms with Crippen LogP contribution in [0.2, 0.25) is 0 Å². The van der Waals surface area contributed by atoms with E-state index in [0.717, 1.165) is 11.4 Å². The van der Waals surface area contributed by atoms with E-state index < -0.39 is 10.0 Å². The maximum Gasteiger partial charge on any atom is 0.263 e. The first-order chi connectivity index (χ1) is 15.8. The van der Waals surface area contributed by atoms with Crippen molar-refractivity contribution in [2.24, 2.45) is 0 Å². The van der Waals surface area contributed by atoms with E-state index in [4.69, 9.17) is 0 Å². The fourth-order valence-corrected chi connectivity index (χ4v) is 5.19. The topological polar surface area (TPSA) is 96.0 Å². The number of anilines is 5. The van der Waals surface area contributed by atoms with E-state index in [1.807, 2.05) is 44.2 Å². The summed E-state index contributed by atoms with van der Waals surface area (Å²) in [4.78, 5) is 9.06. The molecule has 0 saturated heterocycles. The average molecular weight is 524 g/mol. The van der Waals surface area contributed by atoms with Gasteiger partial charge in [0.05, 0.1) is 0 Å². The average Bonchev–Trinajstić information content (AvgIpc) is 2.76. The van der Waals surface area contributed by atoms with Crippen LogP contribution in [0.15, 0.2) is 88.2 Å². The van der Waals surface area contributed by atoms with Crippen LogP contribution < -0.4 is 15.4 Å². The molecule has 0 aliphatic heterocycles. The van der Waals surface area contributed by atoms with Crippen LogP contribution in [0.25, 0.3) is 0 Å². The van der Waals surface area contributed by atoms with Crippen molar-refractivity contribution >= 4 is 54.7 Å². The molecule has 0 atom stereocenters. The van der Waals surface area contributed by atoms with Gasteiger partial charge in [0.2, 0.25) is 0 Å². The third kappa shape index (κ3) is 5.88. The molecule has 4 rings (SSSR count). The summed E-state index contributed by atoms with van der Waals surface area (Å²) >= 11 is 3.28.